The minimum Gasteiger partial charge on any atom is -0.356 e. The van der Waals surface area contributed by atoms with Crippen LogP contribution in [-0.2, 0) is 11.2 Å². The van der Waals surface area contributed by atoms with Crippen LogP contribution in [0.1, 0.15) is 37.5 Å². The van der Waals surface area contributed by atoms with Crippen molar-refractivity contribution in [2.24, 2.45) is 4.99 Å². The summed E-state index contributed by atoms with van der Waals surface area (Å²) in [7, 11) is 1.70. The van der Waals surface area contributed by atoms with Gasteiger partial charge in [0.25, 0.3) is 0 Å². The average Bonchev–Trinajstić information content (AvgIpc) is 2.42. The zero-order valence-corrected chi connectivity index (χ0v) is 17.9. The second kappa shape index (κ2) is 10.5. The van der Waals surface area contributed by atoms with Crippen molar-refractivity contribution in [1.82, 2.24) is 16.0 Å². The highest BCUT2D eigenvalue weighted by Crippen LogP contribution is 2.10. The maximum absolute atomic E-state index is 11.8. The number of carbonyl (C=O) groups excluding carboxylic acids is 1. The molecule has 0 unspecified atom stereocenters. The molecule has 136 valence electrons. The maximum atomic E-state index is 11.8. The Labute approximate surface area is 163 Å². The van der Waals surface area contributed by atoms with Crippen LogP contribution in [0.15, 0.2) is 23.2 Å². The van der Waals surface area contributed by atoms with Crippen LogP contribution in [0.3, 0.4) is 0 Å². The van der Waals surface area contributed by atoms with E-state index in [1.54, 1.807) is 7.05 Å². The Morgan fingerprint density at radius 3 is 2.38 bits per heavy atom. The fourth-order valence-corrected chi connectivity index (χ4v) is 2.29. The number of rotatable bonds is 5. The number of hydrogen-bond donors (Lipinski definition) is 3. The lowest BCUT2D eigenvalue weighted by atomic mass is 10.0. The minimum atomic E-state index is -0.224. The summed E-state index contributed by atoms with van der Waals surface area (Å²) in [6.07, 6.45) is 0.918. The first kappa shape index (κ1) is 22.7. The average molecular weight is 446 g/mol. The molecule has 5 nitrogen and oxygen atoms in total. The lowest BCUT2D eigenvalue weighted by molar-refractivity contribution is -0.121. The number of nitrogens with zero attached hydrogens (tertiary/aromatic N) is 1. The van der Waals surface area contributed by atoms with Crippen LogP contribution in [0.25, 0.3) is 0 Å². The Balaban J connectivity index is 0.00000529. The lowest BCUT2D eigenvalue weighted by Crippen LogP contribution is -2.48. The molecule has 0 heterocycles. The summed E-state index contributed by atoms with van der Waals surface area (Å²) in [5, 5.41) is 9.17. The molecule has 0 aromatic heterocycles. The Bertz CT molecular complexity index is 565. The molecular formula is C18H31IN4O. The van der Waals surface area contributed by atoms with Gasteiger partial charge in [0.15, 0.2) is 5.96 Å². The van der Waals surface area contributed by atoms with E-state index in [9.17, 15) is 4.79 Å². The molecule has 0 bridgehead atoms. The van der Waals surface area contributed by atoms with Crippen LogP contribution in [0.5, 0.6) is 0 Å². The van der Waals surface area contributed by atoms with Gasteiger partial charge in [-0.1, -0.05) is 23.8 Å². The smallest absolute Gasteiger partial charge is 0.239 e. The summed E-state index contributed by atoms with van der Waals surface area (Å²) in [6, 6.07) is 6.49. The molecule has 3 N–H and O–H groups in total. The molecule has 0 aliphatic rings. The molecule has 24 heavy (non-hydrogen) atoms. The molecule has 0 saturated heterocycles. The first-order valence-electron chi connectivity index (χ1n) is 8.03. The monoisotopic (exact) mass is 446 g/mol. The van der Waals surface area contributed by atoms with Crippen molar-refractivity contribution in [2.45, 2.75) is 46.6 Å². The molecule has 0 saturated carbocycles. The molecule has 0 spiro atoms. The van der Waals surface area contributed by atoms with Crippen LogP contribution in [-0.4, -0.2) is 37.5 Å². The molecule has 1 aromatic carbocycles. The van der Waals surface area contributed by atoms with E-state index in [0.717, 1.165) is 13.0 Å². The second-order valence-corrected chi connectivity index (χ2v) is 6.83. The van der Waals surface area contributed by atoms with Gasteiger partial charge in [0.1, 0.15) is 0 Å². The SMILES string of the molecule is CN=C(NCCc1ccc(C)cc1C)NCC(=O)NC(C)(C)C.I. The van der Waals surface area contributed by atoms with Crippen LogP contribution >= 0.6 is 24.0 Å². The second-order valence-electron chi connectivity index (χ2n) is 6.83. The van der Waals surface area contributed by atoms with E-state index < -0.39 is 0 Å². The summed E-state index contributed by atoms with van der Waals surface area (Å²) >= 11 is 0. The molecule has 0 aliphatic heterocycles. The molecular weight excluding hydrogens is 415 g/mol. The number of amides is 1. The van der Waals surface area contributed by atoms with Crippen molar-refractivity contribution in [2.75, 3.05) is 20.1 Å². The zero-order chi connectivity index (χ0) is 17.5. The first-order valence-corrected chi connectivity index (χ1v) is 8.03. The van der Waals surface area contributed by atoms with Crippen LogP contribution in [0, 0.1) is 13.8 Å². The summed E-state index contributed by atoms with van der Waals surface area (Å²) in [6.45, 7) is 11.1. The first-order chi connectivity index (χ1) is 10.7. The van der Waals surface area contributed by atoms with Gasteiger partial charge >= 0.3 is 0 Å². The number of carbonyl (C=O) groups is 1. The number of benzene rings is 1. The summed E-state index contributed by atoms with van der Waals surface area (Å²) in [4.78, 5) is 15.9. The van der Waals surface area contributed by atoms with E-state index in [1.807, 2.05) is 20.8 Å². The van der Waals surface area contributed by atoms with E-state index >= 15 is 0 Å². The number of halogens is 1. The highest BCUT2D eigenvalue weighted by molar-refractivity contribution is 14.0. The maximum Gasteiger partial charge on any atom is 0.239 e. The largest absolute Gasteiger partial charge is 0.356 e. The normalized spacial score (nSPS) is 11.5. The number of aryl methyl sites for hydroxylation is 2. The van der Waals surface area contributed by atoms with E-state index in [0.29, 0.717) is 5.96 Å². The lowest BCUT2D eigenvalue weighted by Gasteiger charge is -2.21. The fraction of sp³-hybridized carbons (Fsp3) is 0.556. The van der Waals surface area contributed by atoms with Crippen molar-refractivity contribution >= 4 is 35.8 Å². The highest BCUT2D eigenvalue weighted by Gasteiger charge is 2.13. The quantitative estimate of drug-likeness (QED) is 0.370. The van der Waals surface area contributed by atoms with Crippen molar-refractivity contribution in [3.8, 4) is 0 Å². The Hall–Kier alpha value is -1.31. The van der Waals surface area contributed by atoms with Gasteiger partial charge in [0.2, 0.25) is 5.91 Å². The number of hydrogen-bond acceptors (Lipinski definition) is 2. The topological polar surface area (TPSA) is 65.5 Å². The van der Waals surface area contributed by atoms with Crippen LogP contribution in [0.4, 0.5) is 0 Å². The fourth-order valence-electron chi connectivity index (χ4n) is 2.29. The van der Waals surface area contributed by atoms with Gasteiger partial charge in [-0.05, 0) is 52.2 Å². The highest BCUT2D eigenvalue weighted by atomic mass is 127. The van der Waals surface area contributed by atoms with E-state index in [1.165, 1.54) is 16.7 Å². The van der Waals surface area contributed by atoms with Gasteiger partial charge in [0.05, 0.1) is 6.54 Å². The number of aliphatic imine (C=N–C) groups is 1. The van der Waals surface area contributed by atoms with Gasteiger partial charge in [-0.15, -0.1) is 24.0 Å². The van der Waals surface area contributed by atoms with Crippen molar-refractivity contribution in [1.29, 1.82) is 0 Å². The van der Waals surface area contributed by atoms with Crippen molar-refractivity contribution in [3.05, 3.63) is 34.9 Å². The van der Waals surface area contributed by atoms with Gasteiger partial charge in [0, 0.05) is 19.1 Å². The van der Waals surface area contributed by atoms with E-state index in [-0.39, 0.29) is 42.0 Å². The van der Waals surface area contributed by atoms with Crippen LogP contribution in [0.2, 0.25) is 0 Å². The number of guanidine groups is 1. The third kappa shape index (κ3) is 9.10. The predicted octanol–water partition coefficient (Wildman–Crippen LogP) is 2.54. The molecule has 0 fully saturated rings. The summed E-state index contributed by atoms with van der Waals surface area (Å²) in [5.74, 6) is 0.591. The van der Waals surface area contributed by atoms with Gasteiger partial charge in [-0.2, -0.15) is 0 Å². The Morgan fingerprint density at radius 2 is 1.83 bits per heavy atom. The standard InChI is InChI=1S/C18H30N4O.HI/c1-13-7-8-15(14(2)11-13)9-10-20-17(19-6)21-12-16(23)22-18(3,4)5;/h7-8,11H,9-10,12H2,1-6H3,(H,22,23)(H2,19,20,21);1H. The molecule has 1 rings (SSSR count). The van der Waals surface area contributed by atoms with Crippen LogP contribution < -0.4 is 16.0 Å². The van der Waals surface area contributed by atoms with Gasteiger partial charge in [-0.25, -0.2) is 0 Å². The Morgan fingerprint density at radius 1 is 1.17 bits per heavy atom. The molecule has 0 radical (unpaired) electrons. The Kier molecular flexibility index (Phi) is 9.96. The molecule has 1 aromatic rings. The third-order valence-electron chi connectivity index (χ3n) is 3.34. The summed E-state index contributed by atoms with van der Waals surface area (Å²) < 4.78 is 0. The molecule has 6 heteroatoms. The van der Waals surface area contributed by atoms with Crippen molar-refractivity contribution < 1.29 is 4.79 Å². The third-order valence-corrected chi connectivity index (χ3v) is 3.34. The van der Waals surface area contributed by atoms with E-state index in [4.69, 9.17) is 0 Å². The molecule has 0 aliphatic carbocycles. The zero-order valence-electron chi connectivity index (χ0n) is 15.6. The van der Waals surface area contributed by atoms with Gasteiger partial charge < -0.3 is 16.0 Å². The molecule has 0 atom stereocenters. The number of nitrogens with one attached hydrogen (secondary N) is 3. The van der Waals surface area contributed by atoms with Crippen molar-refractivity contribution in [3.63, 3.8) is 0 Å². The summed E-state index contributed by atoms with van der Waals surface area (Å²) in [5.41, 5.74) is 3.68. The van der Waals surface area contributed by atoms with E-state index in [2.05, 4.69) is 53.0 Å². The molecule has 1 amide bonds. The van der Waals surface area contributed by atoms with Gasteiger partial charge in [-0.3, -0.25) is 9.79 Å². The predicted molar refractivity (Wildman–Crippen MR) is 112 cm³/mol. The minimum absolute atomic E-state index is 0.